The van der Waals surface area contributed by atoms with Gasteiger partial charge in [-0.3, -0.25) is 9.78 Å². The van der Waals surface area contributed by atoms with Crippen LogP contribution in [0.25, 0.3) is 11.0 Å². The van der Waals surface area contributed by atoms with Gasteiger partial charge in [0.1, 0.15) is 6.61 Å². The minimum absolute atomic E-state index is 0.0745. The Bertz CT molecular complexity index is 1110. The van der Waals surface area contributed by atoms with Crippen LogP contribution < -0.4 is 15.1 Å². The zero-order valence-corrected chi connectivity index (χ0v) is 16.7. The Kier molecular flexibility index (Phi) is 7.31. The number of ether oxygens (including phenoxy) is 2. The van der Waals surface area contributed by atoms with Crippen LogP contribution in [-0.2, 0) is 16.1 Å². The lowest BCUT2D eigenvalue weighted by molar-refractivity contribution is -0.192. The van der Waals surface area contributed by atoms with E-state index < -0.39 is 12.1 Å². The van der Waals surface area contributed by atoms with Crippen molar-refractivity contribution in [3.63, 3.8) is 0 Å². The third-order valence-corrected chi connectivity index (χ3v) is 4.39. The number of aliphatic carboxylic acids is 1. The molecule has 0 aliphatic carbocycles. The van der Waals surface area contributed by atoms with Gasteiger partial charge in [0.15, 0.2) is 22.6 Å². The Hall–Kier alpha value is -3.60. The number of benzene rings is 1. The largest absolute Gasteiger partial charge is 0.490 e. The lowest BCUT2D eigenvalue weighted by atomic mass is 10.2. The molecule has 0 unspecified atom stereocenters. The van der Waals surface area contributed by atoms with Crippen molar-refractivity contribution >= 4 is 22.8 Å². The van der Waals surface area contributed by atoms with Crippen LogP contribution in [0.3, 0.4) is 0 Å². The maximum atomic E-state index is 12.5. The lowest BCUT2D eigenvalue weighted by Crippen LogP contribution is -2.36. The molecule has 0 spiro atoms. The first-order valence-electron chi connectivity index (χ1n) is 9.47. The second-order valence-corrected chi connectivity index (χ2v) is 6.63. The van der Waals surface area contributed by atoms with Gasteiger partial charge in [-0.15, -0.1) is 0 Å². The van der Waals surface area contributed by atoms with E-state index >= 15 is 0 Å². The number of rotatable bonds is 4. The first-order chi connectivity index (χ1) is 15.3. The van der Waals surface area contributed by atoms with Crippen molar-refractivity contribution in [1.82, 2.24) is 4.98 Å². The van der Waals surface area contributed by atoms with E-state index in [0.29, 0.717) is 55.5 Å². The molecule has 1 aromatic carbocycles. The molecule has 1 fully saturated rings. The van der Waals surface area contributed by atoms with Gasteiger partial charge in [-0.05, 0) is 18.2 Å². The molecular formula is C21H19F3N2O6. The van der Waals surface area contributed by atoms with Crippen LogP contribution in [0.15, 0.2) is 58.0 Å². The fourth-order valence-corrected chi connectivity index (χ4v) is 2.84. The van der Waals surface area contributed by atoms with Crippen molar-refractivity contribution in [2.75, 3.05) is 31.2 Å². The standard InChI is InChI=1S/C19H18N2O4.C2HF3O2/c22-16-11-18(21-7-9-23-10-8-21)25-19-15(16)4-1-5-17(19)24-13-14-3-2-6-20-12-14;3-2(4,5)1(6)7/h1-6,11-12H,7-10,13H2;(H,6,7). The molecule has 0 atom stereocenters. The predicted octanol–water partition coefficient (Wildman–Crippen LogP) is 3.24. The van der Waals surface area contributed by atoms with Gasteiger partial charge in [0.05, 0.1) is 18.6 Å². The molecule has 4 rings (SSSR count). The third kappa shape index (κ3) is 5.97. The lowest BCUT2D eigenvalue weighted by Gasteiger charge is -2.27. The Morgan fingerprint density at radius 1 is 1.19 bits per heavy atom. The maximum absolute atomic E-state index is 12.5. The first-order valence-corrected chi connectivity index (χ1v) is 9.47. The molecule has 1 aliphatic heterocycles. The van der Waals surface area contributed by atoms with Crippen molar-refractivity contribution < 1.29 is 37.0 Å². The number of nitrogens with zero attached hydrogens (tertiary/aromatic N) is 2. The molecule has 3 aromatic rings. The van der Waals surface area contributed by atoms with Crippen LogP contribution in [0.5, 0.6) is 5.75 Å². The summed E-state index contributed by atoms with van der Waals surface area (Å²) in [5.41, 5.74) is 1.35. The van der Waals surface area contributed by atoms with Crippen molar-refractivity contribution in [2.24, 2.45) is 0 Å². The molecule has 2 aromatic heterocycles. The monoisotopic (exact) mass is 452 g/mol. The molecule has 8 nitrogen and oxygen atoms in total. The zero-order chi connectivity index (χ0) is 23.1. The fourth-order valence-electron chi connectivity index (χ4n) is 2.84. The summed E-state index contributed by atoms with van der Waals surface area (Å²) in [5, 5.41) is 7.64. The van der Waals surface area contributed by atoms with Gasteiger partial charge < -0.3 is 23.9 Å². The molecule has 0 saturated carbocycles. The fraction of sp³-hybridized carbons (Fsp3) is 0.286. The summed E-state index contributed by atoms with van der Waals surface area (Å²) in [5.74, 6) is -1.65. The number of para-hydroxylation sites is 1. The molecule has 3 heterocycles. The number of pyridine rings is 1. The second-order valence-electron chi connectivity index (χ2n) is 6.63. The summed E-state index contributed by atoms with van der Waals surface area (Å²) in [6.45, 7) is 3.01. The van der Waals surface area contributed by atoms with Crippen molar-refractivity contribution in [1.29, 1.82) is 0 Å². The number of anilines is 1. The predicted molar refractivity (Wildman–Crippen MR) is 108 cm³/mol. The Balaban J connectivity index is 0.000000360. The van der Waals surface area contributed by atoms with E-state index in [9.17, 15) is 18.0 Å². The van der Waals surface area contributed by atoms with Gasteiger partial charge in [0.25, 0.3) is 0 Å². The molecular weight excluding hydrogens is 433 g/mol. The molecule has 0 amide bonds. The average molecular weight is 452 g/mol. The number of alkyl halides is 3. The number of carbonyl (C=O) groups is 1. The van der Waals surface area contributed by atoms with Crippen molar-refractivity contribution in [2.45, 2.75) is 12.8 Å². The summed E-state index contributed by atoms with van der Waals surface area (Å²) < 4.78 is 49.0. The van der Waals surface area contributed by atoms with E-state index in [4.69, 9.17) is 23.8 Å². The molecule has 11 heteroatoms. The number of halogens is 3. The van der Waals surface area contributed by atoms with Gasteiger partial charge in [-0.1, -0.05) is 12.1 Å². The SMILES string of the molecule is O=C(O)C(F)(F)F.O=c1cc(N2CCOCC2)oc2c(OCc3cccnc3)cccc12. The quantitative estimate of drug-likeness (QED) is 0.644. The van der Waals surface area contributed by atoms with E-state index in [2.05, 4.69) is 4.98 Å². The van der Waals surface area contributed by atoms with Crippen LogP contribution in [-0.4, -0.2) is 48.5 Å². The molecule has 32 heavy (non-hydrogen) atoms. The summed E-state index contributed by atoms with van der Waals surface area (Å²) in [6, 6.07) is 10.7. The minimum atomic E-state index is -5.08. The maximum Gasteiger partial charge on any atom is 0.490 e. The topological polar surface area (TPSA) is 102 Å². The molecule has 170 valence electrons. The second kappa shape index (κ2) is 10.1. The van der Waals surface area contributed by atoms with E-state index in [1.807, 2.05) is 23.1 Å². The highest BCUT2D eigenvalue weighted by Crippen LogP contribution is 2.28. The van der Waals surface area contributed by atoms with Gasteiger partial charge in [0.2, 0.25) is 0 Å². The Morgan fingerprint density at radius 3 is 2.53 bits per heavy atom. The van der Waals surface area contributed by atoms with Gasteiger partial charge >= 0.3 is 12.1 Å². The average Bonchev–Trinajstić information content (AvgIpc) is 2.79. The highest BCUT2D eigenvalue weighted by molar-refractivity contribution is 5.83. The Labute approximate surface area is 179 Å². The molecule has 1 aliphatic rings. The van der Waals surface area contributed by atoms with Crippen LogP contribution in [0, 0.1) is 0 Å². The normalized spacial score (nSPS) is 13.9. The van der Waals surface area contributed by atoms with Gasteiger partial charge in [0, 0.05) is 37.1 Å². The third-order valence-electron chi connectivity index (χ3n) is 4.39. The summed E-state index contributed by atoms with van der Waals surface area (Å²) in [7, 11) is 0. The zero-order valence-electron chi connectivity index (χ0n) is 16.7. The number of hydrogen-bond donors (Lipinski definition) is 1. The van der Waals surface area contributed by atoms with Crippen LogP contribution in [0.1, 0.15) is 5.56 Å². The highest BCUT2D eigenvalue weighted by atomic mass is 19.4. The Morgan fingerprint density at radius 2 is 1.91 bits per heavy atom. The number of morpholine rings is 1. The van der Waals surface area contributed by atoms with Crippen LogP contribution in [0.2, 0.25) is 0 Å². The number of carboxylic acids is 1. The van der Waals surface area contributed by atoms with E-state index in [0.717, 1.165) is 5.56 Å². The van der Waals surface area contributed by atoms with Crippen molar-refractivity contribution in [3.05, 3.63) is 64.6 Å². The smallest absolute Gasteiger partial charge is 0.485 e. The summed E-state index contributed by atoms with van der Waals surface area (Å²) >= 11 is 0. The number of aromatic nitrogens is 1. The van der Waals surface area contributed by atoms with Gasteiger partial charge in [-0.2, -0.15) is 13.2 Å². The first kappa shape index (κ1) is 23.1. The van der Waals surface area contributed by atoms with E-state index in [1.165, 1.54) is 0 Å². The van der Waals surface area contributed by atoms with Crippen LogP contribution in [0.4, 0.5) is 19.1 Å². The summed E-state index contributed by atoms with van der Waals surface area (Å²) in [6.07, 6.45) is -1.62. The van der Waals surface area contributed by atoms with E-state index in [-0.39, 0.29) is 5.43 Å². The van der Waals surface area contributed by atoms with Crippen LogP contribution >= 0.6 is 0 Å². The molecule has 1 N–H and O–H groups in total. The molecule has 0 radical (unpaired) electrons. The highest BCUT2D eigenvalue weighted by Gasteiger charge is 2.38. The number of hydrogen-bond acceptors (Lipinski definition) is 7. The van der Waals surface area contributed by atoms with E-state index in [1.54, 1.807) is 30.6 Å². The molecule has 0 bridgehead atoms. The minimum Gasteiger partial charge on any atom is -0.485 e. The number of carboxylic acid groups (broad SMARTS) is 1. The summed E-state index contributed by atoms with van der Waals surface area (Å²) in [4.78, 5) is 27.5. The molecule has 1 saturated heterocycles. The van der Waals surface area contributed by atoms with Gasteiger partial charge in [-0.25, -0.2) is 4.79 Å². The number of fused-ring (bicyclic) bond motifs is 1. The van der Waals surface area contributed by atoms with Crippen molar-refractivity contribution in [3.8, 4) is 5.75 Å².